The number of carbonyl (C=O) groups excluding carboxylic acids is 2. The monoisotopic (exact) mass is 473 g/mol. The highest BCUT2D eigenvalue weighted by molar-refractivity contribution is 7.12. The average Bonchev–Trinajstić information content (AvgIpc) is 3.30. The molecule has 3 rings (SSSR count). The van der Waals surface area contributed by atoms with Crippen molar-refractivity contribution in [3.05, 3.63) is 86.8 Å². The van der Waals surface area contributed by atoms with Gasteiger partial charge in [-0.1, -0.05) is 37.6 Å². The molecule has 0 radical (unpaired) electrons. The van der Waals surface area contributed by atoms with Gasteiger partial charge in [-0.2, -0.15) is 0 Å². The summed E-state index contributed by atoms with van der Waals surface area (Å²) in [6.07, 6.45) is 0. The number of nitrogens with two attached hydrogens (primary N) is 1. The van der Waals surface area contributed by atoms with Crippen molar-refractivity contribution in [2.24, 2.45) is 11.1 Å². The number of benzene rings is 2. The first-order chi connectivity index (χ1) is 15.2. The van der Waals surface area contributed by atoms with E-state index >= 15 is 0 Å². The van der Waals surface area contributed by atoms with Gasteiger partial charge in [0.25, 0.3) is 11.8 Å². The highest BCUT2D eigenvalue weighted by Gasteiger charge is 2.26. The van der Waals surface area contributed by atoms with Gasteiger partial charge in [-0.25, -0.2) is 4.39 Å². The number of carbonyl (C=O) groups is 2. The SMILES string of the molecule is CC(C)(CN)CN(Cc1cc(NC(=O)c2cccs2)ccc1Cl)C(=O)c1cccc(F)c1. The fraction of sp³-hybridized carbons (Fsp3) is 0.250. The lowest BCUT2D eigenvalue weighted by Crippen LogP contribution is -2.41. The van der Waals surface area contributed by atoms with Gasteiger partial charge in [-0.05, 0) is 65.4 Å². The van der Waals surface area contributed by atoms with Crippen LogP contribution in [-0.4, -0.2) is 29.8 Å². The van der Waals surface area contributed by atoms with Crippen LogP contribution in [0.15, 0.2) is 60.0 Å². The van der Waals surface area contributed by atoms with Gasteiger partial charge in [-0.15, -0.1) is 11.3 Å². The Morgan fingerprint density at radius 2 is 1.94 bits per heavy atom. The van der Waals surface area contributed by atoms with Crippen LogP contribution in [0.1, 0.15) is 39.4 Å². The molecular formula is C24H25ClFN3O2S. The van der Waals surface area contributed by atoms with Crippen LogP contribution in [-0.2, 0) is 6.54 Å². The van der Waals surface area contributed by atoms with E-state index in [2.05, 4.69) is 5.32 Å². The summed E-state index contributed by atoms with van der Waals surface area (Å²) in [5, 5.41) is 5.14. The number of nitrogens with zero attached hydrogens (tertiary/aromatic N) is 1. The van der Waals surface area contributed by atoms with Crippen LogP contribution in [0.2, 0.25) is 5.02 Å². The van der Waals surface area contributed by atoms with E-state index in [1.54, 1.807) is 35.2 Å². The summed E-state index contributed by atoms with van der Waals surface area (Å²) >= 11 is 7.77. The van der Waals surface area contributed by atoms with Gasteiger partial charge in [0.1, 0.15) is 5.82 Å². The number of anilines is 1. The van der Waals surface area contributed by atoms with E-state index in [4.69, 9.17) is 17.3 Å². The van der Waals surface area contributed by atoms with Gasteiger partial charge in [0.15, 0.2) is 0 Å². The second kappa shape index (κ2) is 10.3. The fourth-order valence-electron chi connectivity index (χ4n) is 3.16. The van der Waals surface area contributed by atoms with E-state index in [1.807, 2.05) is 25.3 Å². The number of rotatable bonds is 8. The second-order valence-electron chi connectivity index (χ2n) is 8.28. The van der Waals surface area contributed by atoms with E-state index in [0.29, 0.717) is 34.2 Å². The van der Waals surface area contributed by atoms with Crippen molar-refractivity contribution in [3.8, 4) is 0 Å². The zero-order valence-electron chi connectivity index (χ0n) is 17.9. The van der Waals surface area contributed by atoms with Gasteiger partial charge < -0.3 is 16.0 Å². The normalized spacial score (nSPS) is 11.3. The van der Waals surface area contributed by atoms with Crippen LogP contribution < -0.4 is 11.1 Å². The molecule has 0 bridgehead atoms. The lowest BCUT2D eigenvalue weighted by Gasteiger charge is -2.32. The van der Waals surface area contributed by atoms with Gasteiger partial charge in [0, 0.05) is 29.4 Å². The molecule has 5 nitrogen and oxygen atoms in total. The lowest BCUT2D eigenvalue weighted by atomic mass is 9.92. The summed E-state index contributed by atoms with van der Waals surface area (Å²) in [6, 6.07) is 14.3. The maximum atomic E-state index is 13.7. The maximum Gasteiger partial charge on any atom is 0.265 e. The smallest absolute Gasteiger partial charge is 0.265 e. The van der Waals surface area contributed by atoms with Crippen molar-refractivity contribution >= 4 is 40.4 Å². The van der Waals surface area contributed by atoms with Gasteiger partial charge in [0.2, 0.25) is 0 Å². The molecule has 32 heavy (non-hydrogen) atoms. The highest BCUT2D eigenvalue weighted by Crippen LogP contribution is 2.26. The Kier molecular flexibility index (Phi) is 7.66. The Bertz CT molecular complexity index is 1100. The van der Waals surface area contributed by atoms with Crippen molar-refractivity contribution in [1.29, 1.82) is 0 Å². The van der Waals surface area contributed by atoms with Crippen molar-refractivity contribution in [2.75, 3.05) is 18.4 Å². The summed E-state index contributed by atoms with van der Waals surface area (Å²) < 4.78 is 13.7. The minimum Gasteiger partial charge on any atom is -0.334 e. The quantitative estimate of drug-likeness (QED) is 0.458. The lowest BCUT2D eigenvalue weighted by molar-refractivity contribution is 0.0672. The zero-order chi connectivity index (χ0) is 23.3. The highest BCUT2D eigenvalue weighted by atomic mass is 35.5. The third kappa shape index (κ3) is 6.16. The first-order valence-electron chi connectivity index (χ1n) is 10.1. The van der Waals surface area contributed by atoms with Gasteiger partial charge in [-0.3, -0.25) is 9.59 Å². The Morgan fingerprint density at radius 1 is 1.16 bits per heavy atom. The molecule has 0 saturated heterocycles. The molecule has 1 heterocycles. The minimum atomic E-state index is -0.481. The maximum absolute atomic E-state index is 13.7. The van der Waals surface area contributed by atoms with E-state index in [9.17, 15) is 14.0 Å². The average molecular weight is 474 g/mol. The molecule has 2 aromatic carbocycles. The van der Waals surface area contributed by atoms with Crippen LogP contribution >= 0.6 is 22.9 Å². The zero-order valence-corrected chi connectivity index (χ0v) is 19.5. The number of hydrogen-bond donors (Lipinski definition) is 2. The third-order valence-corrected chi connectivity index (χ3v) is 6.18. The van der Waals surface area contributed by atoms with Gasteiger partial charge >= 0.3 is 0 Å². The molecule has 0 aliphatic rings. The summed E-state index contributed by atoms with van der Waals surface area (Å²) in [6.45, 7) is 4.81. The van der Waals surface area contributed by atoms with Crippen molar-refractivity contribution in [1.82, 2.24) is 4.90 Å². The molecule has 0 spiro atoms. The van der Waals surface area contributed by atoms with Crippen LogP contribution in [0.5, 0.6) is 0 Å². The molecule has 0 aliphatic heterocycles. The minimum absolute atomic E-state index is 0.181. The Labute approximate surface area is 196 Å². The third-order valence-electron chi connectivity index (χ3n) is 4.94. The van der Waals surface area contributed by atoms with Crippen molar-refractivity contribution in [2.45, 2.75) is 20.4 Å². The number of nitrogens with one attached hydrogen (secondary N) is 1. The van der Waals surface area contributed by atoms with E-state index in [0.717, 1.165) is 0 Å². The Hall–Kier alpha value is -2.74. The predicted octanol–water partition coefficient (Wildman–Crippen LogP) is 5.42. The molecular weight excluding hydrogens is 449 g/mol. The van der Waals surface area contributed by atoms with E-state index < -0.39 is 5.82 Å². The topological polar surface area (TPSA) is 75.4 Å². The molecule has 0 aliphatic carbocycles. The summed E-state index contributed by atoms with van der Waals surface area (Å²) in [7, 11) is 0. The Morgan fingerprint density at radius 3 is 2.59 bits per heavy atom. The summed E-state index contributed by atoms with van der Waals surface area (Å²) in [5.74, 6) is -1.02. The first-order valence-corrected chi connectivity index (χ1v) is 11.3. The van der Waals surface area contributed by atoms with E-state index in [-0.39, 0.29) is 29.3 Å². The van der Waals surface area contributed by atoms with Crippen LogP contribution in [0, 0.1) is 11.2 Å². The number of hydrogen-bond acceptors (Lipinski definition) is 4. The molecule has 168 valence electrons. The summed E-state index contributed by atoms with van der Waals surface area (Å²) in [5.41, 5.74) is 7.01. The summed E-state index contributed by atoms with van der Waals surface area (Å²) in [4.78, 5) is 27.8. The number of thiophene rings is 1. The largest absolute Gasteiger partial charge is 0.334 e. The Balaban J connectivity index is 1.87. The van der Waals surface area contributed by atoms with Crippen LogP contribution in [0.25, 0.3) is 0 Å². The van der Waals surface area contributed by atoms with Crippen molar-refractivity contribution in [3.63, 3.8) is 0 Å². The molecule has 3 N–H and O–H groups in total. The van der Waals surface area contributed by atoms with Crippen LogP contribution in [0.3, 0.4) is 0 Å². The second-order valence-corrected chi connectivity index (χ2v) is 9.63. The molecule has 8 heteroatoms. The molecule has 0 fully saturated rings. The number of halogens is 2. The van der Waals surface area contributed by atoms with Crippen molar-refractivity contribution < 1.29 is 14.0 Å². The number of amides is 2. The fourth-order valence-corrected chi connectivity index (χ4v) is 3.96. The molecule has 1 aromatic heterocycles. The molecule has 0 atom stereocenters. The molecule has 0 saturated carbocycles. The molecule has 3 aromatic rings. The predicted molar refractivity (Wildman–Crippen MR) is 128 cm³/mol. The standard InChI is InChI=1S/C24H25ClFN3O2S/c1-24(2,14-27)15-29(23(31)16-5-3-6-18(26)11-16)13-17-12-19(8-9-20(17)25)28-22(30)21-7-4-10-32-21/h3-12H,13-15,27H2,1-2H3,(H,28,30). The molecule has 2 amide bonds. The first kappa shape index (κ1) is 23.9. The van der Waals surface area contributed by atoms with E-state index in [1.165, 1.54) is 29.5 Å². The van der Waals surface area contributed by atoms with Gasteiger partial charge in [0.05, 0.1) is 4.88 Å². The van der Waals surface area contributed by atoms with Crippen LogP contribution in [0.4, 0.5) is 10.1 Å². The molecule has 0 unspecified atom stereocenters.